The van der Waals surface area contributed by atoms with E-state index in [2.05, 4.69) is 14.0 Å². The largest absolute Gasteiger partial charge is 0.320 e. The van der Waals surface area contributed by atoms with Crippen LogP contribution >= 0.6 is 0 Å². The molecule has 0 fully saturated rings. The van der Waals surface area contributed by atoms with E-state index in [9.17, 15) is 8.42 Å². The predicted octanol–water partition coefficient (Wildman–Crippen LogP) is 1.64. The average Bonchev–Trinajstić information content (AvgIpc) is 2.86. The molecule has 104 valence electrons. The van der Waals surface area contributed by atoms with Gasteiger partial charge >= 0.3 is 0 Å². The van der Waals surface area contributed by atoms with E-state index >= 15 is 0 Å². The van der Waals surface area contributed by atoms with Crippen molar-refractivity contribution >= 4 is 32.8 Å². The van der Waals surface area contributed by atoms with E-state index in [-0.39, 0.29) is 4.90 Å². The van der Waals surface area contributed by atoms with Gasteiger partial charge in [-0.15, -0.1) is 0 Å². The van der Waals surface area contributed by atoms with Crippen LogP contribution in [0.5, 0.6) is 0 Å². The lowest BCUT2D eigenvalue weighted by molar-refractivity contribution is 0.458. The Morgan fingerprint density at radius 3 is 2.89 bits per heavy atom. The monoisotopic (exact) mass is 300 g/mol. The summed E-state index contributed by atoms with van der Waals surface area (Å²) < 4.78 is 34.5. The SMILES string of the molecule is CNCCCN(C)S(=O)(=O)c1cccc2c1N=S=N2. The molecule has 0 radical (unpaired) electrons. The van der Waals surface area contributed by atoms with Crippen molar-refractivity contribution in [2.75, 3.05) is 27.2 Å². The summed E-state index contributed by atoms with van der Waals surface area (Å²) in [5.74, 6) is 0. The van der Waals surface area contributed by atoms with Crippen molar-refractivity contribution in [2.24, 2.45) is 8.73 Å². The fraction of sp³-hybridized carbons (Fsp3) is 0.455. The Bertz CT molecular complexity index is 636. The predicted molar refractivity (Wildman–Crippen MR) is 76.3 cm³/mol. The summed E-state index contributed by atoms with van der Waals surface area (Å²) in [6.07, 6.45) is 0.761. The first-order valence-electron chi connectivity index (χ1n) is 5.89. The normalized spacial score (nSPS) is 13.6. The number of hydrogen-bond donors (Lipinski definition) is 1. The van der Waals surface area contributed by atoms with E-state index < -0.39 is 10.0 Å². The third kappa shape index (κ3) is 2.92. The maximum Gasteiger partial charge on any atom is 0.245 e. The molecule has 1 aromatic rings. The first kappa shape index (κ1) is 14.3. The molecule has 0 amide bonds. The molecule has 19 heavy (non-hydrogen) atoms. The second-order valence-electron chi connectivity index (χ2n) is 4.17. The second-order valence-corrected chi connectivity index (χ2v) is 6.71. The first-order chi connectivity index (χ1) is 9.07. The van der Waals surface area contributed by atoms with Crippen LogP contribution in [0.3, 0.4) is 0 Å². The maximum absolute atomic E-state index is 12.5. The van der Waals surface area contributed by atoms with Crippen LogP contribution in [-0.2, 0) is 21.4 Å². The van der Waals surface area contributed by atoms with E-state index in [4.69, 9.17) is 0 Å². The Hall–Kier alpha value is -1.09. The lowest BCUT2D eigenvalue weighted by Crippen LogP contribution is -2.29. The molecule has 1 aliphatic heterocycles. The van der Waals surface area contributed by atoms with E-state index in [0.29, 0.717) is 17.9 Å². The summed E-state index contributed by atoms with van der Waals surface area (Å²) in [5, 5.41) is 3.00. The number of sulfonamides is 1. The van der Waals surface area contributed by atoms with Gasteiger partial charge in [-0.05, 0) is 32.1 Å². The highest BCUT2D eigenvalue weighted by Gasteiger charge is 2.26. The van der Waals surface area contributed by atoms with Gasteiger partial charge in [0, 0.05) is 13.6 Å². The first-order valence-corrected chi connectivity index (χ1v) is 8.06. The molecule has 0 saturated carbocycles. The van der Waals surface area contributed by atoms with Gasteiger partial charge in [-0.25, -0.2) is 12.7 Å². The zero-order valence-electron chi connectivity index (χ0n) is 10.8. The number of benzene rings is 1. The zero-order valence-corrected chi connectivity index (χ0v) is 12.5. The van der Waals surface area contributed by atoms with Gasteiger partial charge in [0.1, 0.15) is 16.3 Å². The Kier molecular flexibility index (Phi) is 4.46. The van der Waals surface area contributed by atoms with Crippen molar-refractivity contribution in [1.29, 1.82) is 0 Å². The molecular formula is C11H16N4O2S2. The van der Waals surface area contributed by atoms with Gasteiger partial charge in [0.25, 0.3) is 0 Å². The van der Waals surface area contributed by atoms with Crippen molar-refractivity contribution in [3.8, 4) is 0 Å². The van der Waals surface area contributed by atoms with Gasteiger partial charge in [-0.3, -0.25) is 0 Å². The van der Waals surface area contributed by atoms with Crippen molar-refractivity contribution < 1.29 is 8.42 Å². The van der Waals surface area contributed by atoms with Crippen LogP contribution in [0.15, 0.2) is 31.8 Å². The minimum absolute atomic E-state index is 0.228. The topological polar surface area (TPSA) is 74.1 Å². The van der Waals surface area contributed by atoms with Crippen LogP contribution in [0, 0.1) is 0 Å². The Balaban J connectivity index is 2.26. The van der Waals surface area contributed by atoms with Crippen molar-refractivity contribution in [3.63, 3.8) is 0 Å². The highest BCUT2D eigenvalue weighted by molar-refractivity contribution is 7.89. The maximum atomic E-state index is 12.5. The minimum Gasteiger partial charge on any atom is -0.320 e. The van der Waals surface area contributed by atoms with Gasteiger partial charge in [0.2, 0.25) is 10.0 Å². The average molecular weight is 300 g/mol. The fourth-order valence-electron chi connectivity index (χ4n) is 1.76. The highest BCUT2D eigenvalue weighted by Crippen LogP contribution is 2.38. The minimum atomic E-state index is -3.51. The van der Waals surface area contributed by atoms with Gasteiger partial charge in [-0.2, -0.15) is 8.73 Å². The smallest absolute Gasteiger partial charge is 0.245 e. The molecule has 1 aromatic carbocycles. The molecule has 6 nitrogen and oxygen atoms in total. The molecule has 0 spiro atoms. The second kappa shape index (κ2) is 5.91. The summed E-state index contributed by atoms with van der Waals surface area (Å²) in [6.45, 7) is 1.25. The number of rotatable bonds is 6. The Morgan fingerprint density at radius 1 is 1.37 bits per heavy atom. The zero-order chi connectivity index (χ0) is 13.9. The Morgan fingerprint density at radius 2 is 2.16 bits per heavy atom. The molecule has 0 unspecified atom stereocenters. The highest BCUT2D eigenvalue weighted by atomic mass is 32.2. The fourth-order valence-corrected chi connectivity index (χ4v) is 3.71. The van der Waals surface area contributed by atoms with E-state index in [1.165, 1.54) is 4.31 Å². The van der Waals surface area contributed by atoms with Gasteiger partial charge in [0.15, 0.2) is 0 Å². The van der Waals surface area contributed by atoms with Gasteiger partial charge in [-0.1, -0.05) is 6.07 Å². The molecule has 1 aliphatic rings. The van der Waals surface area contributed by atoms with Crippen molar-refractivity contribution in [1.82, 2.24) is 9.62 Å². The number of hydrogen-bond acceptors (Lipinski definition) is 5. The molecule has 1 heterocycles. The Labute approximate surface area is 116 Å². The summed E-state index contributed by atoms with van der Waals surface area (Å²) in [6, 6.07) is 5.03. The standard InChI is InChI=1S/C11H16N4O2S2/c1-12-7-4-8-15(2)19(16,17)10-6-3-5-9-11(10)14-18-13-9/h3,5-6,12H,4,7-8H2,1-2H3. The molecule has 0 aliphatic carbocycles. The van der Waals surface area contributed by atoms with Crippen LogP contribution in [0.25, 0.3) is 0 Å². The quantitative estimate of drug-likeness (QED) is 0.824. The van der Waals surface area contributed by atoms with Crippen LogP contribution in [0.4, 0.5) is 11.4 Å². The summed E-state index contributed by atoms with van der Waals surface area (Å²) in [4.78, 5) is 0.228. The number of nitrogens with zero attached hydrogens (tertiary/aromatic N) is 3. The molecule has 0 saturated heterocycles. The lowest BCUT2D eigenvalue weighted by atomic mass is 10.3. The van der Waals surface area contributed by atoms with E-state index in [1.807, 2.05) is 7.05 Å². The third-order valence-corrected chi connectivity index (χ3v) is 5.27. The molecule has 0 bridgehead atoms. The lowest BCUT2D eigenvalue weighted by Gasteiger charge is -2.17. The summed E-state index contributed by atoms with van der Waals surface area (Å²) in [5.41, 5.74) is 1.07. The molecular weight excluding hydrogens is 284 g/mol. The van der Waals surface area contributed by atoms with Crippen molar-refractivity contribution in [2.45, 2.75) is 11.3 Å². The molecule has 0 atom stereocenters. The molecule has 8 heteroatoms. The summed E-state index contributed by atoms with van der Waals surface area (Å²) in [7, 11) is -0.0759. The van der Waals surface area contributed by atoms with Crippen LogP contribution in [0.2, 0.25) is 0 Å². The molecule has 0 aromatic heterocycles. The third-order valence-electron chi connectivity index (χ3n) is 2.84. The van der Waals surface area contributed by atoms with Gasteiger partial charge in [0.05, 0.1) is 11.4 Å². The molecule has 2 rings (SSSR count). The summed E-state index contributed by atoms with van der Waals surface area (Å²) >= 11 is 1.02. The number of fused-ring (bicyclic) bond motifs is 1. The molecule has 1 N–H and O–H groups in total. The van der Waals surface area contributed by atoms with Crippen LogP contribution in [-0.4, -0.2) is 39.9 Å². The van der Waals surface area contributed by atoms with Crippen LogP contribution in [0.1, 0.15) is 6.42 Å². The van der Waals surface area contributed by atoms with E-state index in [1.54, 1.807) is 25.2 Å². The number of nitrogens with one attached hydrogen (secondary N) is 1. The van der Waals surface area contributed by atoms with Crippen LogP contribution < -0.4 is 5.32 Å². The van der Waals surface area contributed by atoms with Crippen molar-refractivity contribution in [3.05, 3.63) is 18.2 Å². The van der Waals surface area contributed by atoms with Gasteiger partial charge < -0.3 is 5.32 Å². The van der Waals surface area contributed by atoms with E-state index in [0.717, 1.165) is 24.3 Å².